The third kappa shape index (κ3) is 7.45. The van der Waals surface area contributed by atoms with Crippen molar-refractivity contribution in [2.75, 3.05) is 25.0 Å². The molecule has 2 aromatic rings. The molecule has 1 aliphatic heterocycles. The van der Waals surface area contributed by atoms with Crippen molar-refractivity contribution in [3.63, 3.8) is 0 Å². The monoisotopic (exact) mass is 641 g/mol. The molecule has 0 unspecified atom stereocenters. The molecule has 0 radical (unpaired) electrons. The number of hydrogen-bond donors (Lipinski definition) is 3. The minimum absolute atomic E-state index is 0.0297. The van der Waals surface area contributed by atoms with Gasteiger partial charge in [0.05, 0.1) is 31.3 Å². The number of aliphatic hydroxyl groups excluding tert-OH is 1. The summed E-state index contributed by atoms with van der Waals surface area (Å²) in [4.78, 5) is 42.2. The van der Waals surface area contributed by atoms with E-state index in [1.54, 1.807) is 29.9 Å². The topological polar surface area (TPSA) is 117 Å². The highest BCUT2D eigenvalue weighted by molar-refractivity contribution is 6.01. The minimum atomic E-state index is -1.79. The van der Waals surface area contributed by atoms with E-state index in [4.69, 9.17) is 5.11 Å². The molecule has 252 valence electrons. The Balaban J connectivity index is 1.39. The van der Waals surface area contributed by atoms with Gasteiger partial charge >= 0.3 is 0 Å². The Kier molecular flexibility index (Phi) is 10.8. The van der Waals surface area contributed by atoms with Gasteiger partial charge in [0.1, 0.15) is 17.6 Å². The molecule has 11 heteroatoms. The van der Waals surface area contributed by atoms with E-state index in [0.717, 1.165) is 64.2 Å². The zero-order chi connectivity index (χ0) is 33.0. The van der Waals surface area contributed by atoms with Crippen LogP contribution < -0.4 is 10.6 Å². The van der Waals surface area contributed by atoms with Gasteiger partial charge < -0.3 is 20.6 Å². The molecule has 1 saturated heterocycles. The summed E-state index contributed by atoms with van der Waals surface area (Å²) in [5.41, 5.74) is -1.05. The molecule has 0 spiro atoms. The maximum absolute atomic E-state index is 15.6. The molecular weight excluding hydrogens is 592 g/mol. The quantitative estimate of drug-likeness (QED) is 0.289. The lowest BCUT2D eigenvalue weighted by Gasteiger charge is -2.44. The van der Waals surface area contributed by atoms with Crippen molar-refractivity contribution in [3.8, 4) is 0 Å². The molecule has 2 heterocycles. The van der Waals surface area contributed by atoms with Gasteiger partial charge in [0.2, 0.25) is 11.8 Å². The average molecular weight is 642 g/mol. The van der Waals surface area contributed by atoms with Crippen LogP contribution in [0.3, 0.4) is 0 Å². The molecule has 2 saturated carbocycles. The van der Waals surface area contributed by atoms with Crippen molar-refractivity contribution in [2.45, 2.75) is 109 Å². The zero-order valence-corrected chi connectivity index (χ0v) is 27.3. The second kappa shape index (κ2) is 14.6. The first-order chi connectivity index (χ1) is 22.0. The van der Waals surface area contributed by atoms with Crippen LogP contribution in [0.4, 0.5) is 14.5 Å². The molecule has 9 nitrogen and oxygen atoms in total. The molecule has 3 aliphatic rings. The SMILES string of the molecule is CC(C)n1nccc1C(=O)N[C@H](C(=O)Nc1ccc([C@H](C)C(=O)N2CC(F)(CO)C2)cc1F)C(C1CCCCC1)C1CCCCC1. The highest BCUT2D eigenvalue weighted by Crippen LogP contribution is 2.42. The molecular formula is C35H49F2N5O4. The number of nitrogens with zero attached hydrogens (tertiary/aromatic N) is 3. The number of carbonyl (C=O) groups excluding carboxylic acids is 3. The molecule has 3 amide bonds. The van der Waals surface area contributed by atoms with E-state index in [2.05, 4.69) is 15.7 Å². The predicted molar refractivity (Wildman–Crippen MR) is 171 cm³/mol. The van der Waals surface area contributed by atoms with Gasteiger partial charge in [0.25, 0.3) is 5.91 Å². The molecule has 1 aromatic carbocycles. The van der Waals surface area contributed by atoms with Crippen LogP contribution in [0.25, 0.3) is 0 Å². The maximum atomic E-state index is 15.6. The minimum Gasteiger partial charge on any atom is -0.393 e. The van der Waals surface area contributed by atoms with Gasteiger partial charge in [0.15, 0.2) is 5.67 Å². The van der Waals surface area contributed by atoms with Crippen LogP contribution in [-0.2, 0) is 9.59 Å². The maximum Gasteiger partial charge on any atom is 0.270 e. The normalized spacial score (nSPS) is 20.3. The smallest absolute Gasteiger partial charge is 0.270 e. The van der Waals surface area contributed by atoms with Gasteiger partial charge in [-0.15, -0.1) is 0 Å². The molecule has 5 rings (SSSR count). The molecule has 0 bridgehead atoms. The van der Waals surface area contributed by atoms with Crippen LogP contribution in [0.1, 0.15) is 113 Å². The molecule has 2 aliphatic carbocycles. The Morgan fingerprint density at radius 3 is 2.13 bits per heavy atom. The first kappa shape index (κ1) is 34.0. The Morgan fingerprint density at radius 2 is 1.59 bits per heavy atom. The lowest BCUT2D eigenvalue weighted by molar-refractivity contribution is -0.150. The predicted octanol–water partition coefficient (Wildman–Crippen LogP) is 5.76. The summed E-state index contributed by atoms with van der Waals surface area (Å²) in [6.45, 7) is 4.45. The number of alkyl halides is 1. The van der Waals surface area contributed by atoms with Crippen molar-refractivity contribution in [1.82, 2.24) is 20.0 Å². The summed E-state index contributed by atoms with van der Waals surface area (Å²) in [6, 6.07) is 4.99. The second-order valence-corrected chi connectivity index (χ2v) is 14.0. The van der Waals surface area contributed by atoms with Crippen LogP contribution in [-0.4, -0.2) is 68.9 Å². The number of nitrogens with one attached hydrogen (secondary N) is 2. The number of carbonyl (C=O) groups is 3. The number of aliphatic hydroxyl groups is 1. The summed E-state index contributed by atoms with van der Waals surface area (Å²) < 4.78 is 31.4. The number of rotatable bonds is 11. The Morgan fingerprint density at radius 1 is 0.978 bits per heavy atom. The third-order valence-electron chi connectivity index (χ3n) is 10.4. The summed E-state index contributed by atoms with van der Waals surface area (Å²) >= 11 is 0. The number of halogens is 2. The van der Waals surface area contributed by atoms with E-state index < -0.39 is 36.0 Å². The largest absolute Gasteiger partial charge is 0.393 e. The van der Waals surface area contributed by atoms with E-state index in [9.17, 15) is 18.8 Å². The highest BCUT2D eigenvalue weighted by Gasteiger charge is 2.46. The van der Waals surface area contributed by atoms with Crippen LogP contribution in [0, 0.1) is 23.6 Å². The third-order valence-corrected chi connectivity index (χ3v) is 10.4. The standard InChI is InChI=1S/C35H49F2N5O4/c1-22(2)42-29(16-17-38-42)32(44)40-31(30(24-10-6-4-7-11-24)25-12-8-5-9-13-25)33(45)39-28-15-14-26(18-27(28)36)23(3)34(46)41-19-35(37,20-41)21-43/h14-18,22-25,30-31,43H,4-13,19-21H2,1-3H3,(H,39,45)(H,40,44)/t23-,31-/m0/s1. The van der Waals surface area contributed by atoms with E-state index in [1.807, 2.05) is 13.8 Å². The van der Waals surface area contributed by atoms with Crippen molar-refractivity contribution in [2.24, 2.45) is 17.8 Å². The fraction of sp³-hybridized carbons (Fsp3) is 0.657. The lowest BCUT2D eigenvalue weighted by atomic mass is 9.66. The highest BCUT2D eigenvalue weighted by atomic mass is 19.1. The van der Waals surface area contributed by atoms with Gasteiger partial charge in [-0.25, -0.2) is 8.78 Å². The van der Waals surface area contributed by atoms with E-state index >= 15 is 4.39 Å². The van der Waals surface area contributed by atoms with Crippen LogP contribution in [0.15, 0.2) is 30.5 Å². The summed E-state index contributed by atoms with van der Waals surface area (Å²) in [6.07, 6.45) is 12.3. The molecule has 2 atom stereocenters. The van der Waals surface area contributed by atoms with Gasteiger partial charge in [-0.05, 0) is 62.3 Å². The number of hydrogen-bond acceptors (Lipinski definition) is 5. The van der Waals surface area contributed by atoms with Gasteiger partial charge in [-0.2, -0.15) is 5.10 Å². The molecule has 3 N–H and O–H groups in total. The fourth-order valence-electron chi connectivity index (χ4n) is 7.85. The summed E-state index contributed by atoms with van der Waals surface area (Å²) in [5.74, 6) is -2.15. The van der Waals surface area contributed by atoms with Crippen molar-refractivity contribution in [3.05, 3.63) is 47.5 Å². The number of benzene rings is 1. The number of anilines is 1. The number of aromatic nitrogens is 2. The Bertz CT molecular complexity index is 1360. The van der Waals surface area contributed by atoms with Crippen LogP contribution in [0.5, 0.6) is 0 Å². The Labute approximate surface area is 270 Å². The summed E-state index contributed by atoms with van der Waals surface area (Å²) in [5, 5.41) is 19.4. The van der Waals surface area contributed by atoms with Crippen LogP contribution in [0.2, 0.25) is 0 Å². The fourth-order valence-corrected chi connectivity index (χ4v) is 7.85. The number of amides is 3. The van der Waals surface area contributed by atoms with Crippen LogP contribution >= 0.6 is 0 Å². The molecule has 3 fully saturated rings. The van der Waals surface area contributed by atoms with E-state index in [0.29, 0.717) is 11.3 Å². The molecule has 46 heavy (non-hydrogen) atoms. The second-order valence-electron chi connectivity index (χ2n) is 14.0. The number of likely N-dealkylation sites (tertiary alicyclic amines) is 1. The van der Waals surface area contributed by atoms with Gasteiger partial charge in [-0.1, -0.05) is 70.3 Å². The van der Waals surface area contributed by atoms with Gasteiger partial charge in [0, 0.05) is 12.2 Å². The van der Waals surface area contributed by atoms with Crippen molar-refractivity contribution < 1.29 is 28.3 Å². The summed E-state index contributed by atoms with van der Waals surface area (Å²) in [7, 11) is 0. The zero-order valence-electron chi connectivity index (χ0n) is 27.3. The first-order valence-electron chi connectivity index (χ1n) is 17.0. The average Bonchev–Trinajstić information content (AvgIpc) is 3.55. The van der Waals surface area contributed by atoms with Gasteiger partial charge in [-0.3, -0.25) is 19.1 Å². The van der Waals surface area contributed by atoms with E-state index in [1.165, 1.54) is 17.0 Å². The van der Waals surface area contributed by atoms with Crippen molar-refractivity contribution in [1.29, 1.82) is 0 Å². The van der Waals surface area contributed by atoms with E-state index in [-0.39, 0.29) is 54.4 Å². The molecule has 1 aromatic heterocycles. The lowest BCUT2D eigenvalue weighted by Crippen LogP contribution is -2.63. The Hall–Kier alpha value is -3.34. The first-order valence-corrected chi connectivity index (χ1v) is 17.0. The van der Waals surface area contributed by atoms with Crippen molar-refractivity contribution >= 4 is 23.4 Å².